The molecule has 1 fully saturated rings. The predicted octanol–water partition coefficient (Wildman–Crippen LogP) is 6.86. The number of rotatable bonds is 8. The lowest BCUT2D eigenvalue weighted by Crippen LogP contribution is -2.30. The van der Waals surface area contributed by atoms with Crippen LogP contribution in [0.1, 0.15) is 23.5 Å². The number of carbonyl (C=O) groups is 1. The van der Waals surface area contributed by atoms with Gasteiger partial charge in [0.1, 0.15) is 17.6 Å². The lowest BCUT2D eigenvalue weighted by Gasteiger charge is -2.29. The first-order valence-corrected chi connectivity index (χ1v) is 14.0. The molecule has 2 N–H and O–H groups in total. The van der Waals surface area contributed by atoms with Crippen molar-refractivity contribution in [2.45, 2.75) is 12.1 Å². The highest BCUT2D eigenvalue weighted by Crippen LogP contribution is 2.42. The lowest BCUT2D eigenvalue weighted by atomic mass is 10.0. The summed E-state index contributed by atoms with van der Waals surface area (Å²) in [5, 5.41) is 6.87. The van der Waals surface area contributed by atoms with Crippen LogP contribution in [-0.4, -0.2) is 27.2 Å². The maximum absolute atomic E-state index is 14.0. The largest absolute Gasteiger partial charge is 0.484 e. The number of para-hydroxylation sites is 1. The van der Waals surface area contributed by atoms with Crippen molar-refractivity contribution in [3.63, 3.8) is 0 Å². The number of anilines is 2. The Balaban J connectivity index is 1.29. The van der Waals surface area contributed by atoms with Gasteiger partial charge in [-0.1, -0.05) is 35.9 Å². The molecule has 0 unspecified atom stereocenters. The molecule has 2 atom stereocenters. The van der Waals surface area contributed by atoms with E-state index in [1.807, 2.05) is 88.5 Å². The Bertz CT molecular complexity index is 1720. The molecule has 7 nitrogen and oxygen atoms in total. The number of nitrogens with zero attached hydrogens (tertiary/aromatic N) is 3. The third-order valence-electron chi connectivity index (χ3n) is 6.91. The SMILES string of the molecule is O=C(COc1ccccc1)Nc1ccc(N2C(=S)N[C@@H](c3ccccn3)[C@H]2c2cccn2-c2ccc(F)c(Cl)c2)cc1. The summed E-state index contributed by atoms with van der Waals surface area (Å²) in [6, 6.07) is 30.3. The van der Waals surface area contributed by atoms with E-state index in [2.05, 4.69) is 15.6 Å². The maximum Gasteiger partial charge on any atom is 0.262 e. The van der Waals surface area contributed by atoms with Gasteiger partial charge < -0.3 is 24.8 Å². The zero-order valence-electron chi connectivity index (χ0n) is 22.2. The second-order valence-corrected chi connectivity index (χ2v) is 10.4. The van der Waals surface area contributed by atoms with Crippen LogP contribution in [0.25, 0.3) is 5.69 Å². The highest BCUT2D eigenvalue weighted by atomic mass is 35.5. The fraction of sp³-hybridized carbons (Fsp3) is 0.0938. The Hall–Kier alpha value is -4.73. The molecule has 10 heteroatoms. The molecular weight excluding hydrogens is 573 g/mol. The van der Waals surface area contributed by atoms with E-state index in [-0.39, 0.29) is 29.6 Å². The summed E-state index contributed by atoms with van der Waals surface area (Å²) in [7, 11) is 0. The van der Waals surface area contributed by atoms with Crippen molar-refractivity contribution in [1.82, 2.24) is 14.9 Å². The average Bonchev–Trinajstić information content (AvgIpc) is 3.63. The molecule has 1 amide bonds. The van der Waals surface area contributed by atoms with Crippen molar-refractivity contribution in [1.29, 1.82) is 0 Å². The number of hydrogen-bond acceptors (Lipinski definition) is 4. The molecular formula is C32H25ClFN5O2S. The van der Waals surface area contributed by atoms with Crippen molar-refractivity contribution < 1.29 is 13.9 Å². The normalized spacial score (nSPS) is 16.2. The van der Waals surface area contributed by atoms with E-state index in [0.29, 0.717) is 16.5 Å². The van der Waals surface area contributed by atoms with Crippen molar-refractivity contribution in [2.75, 3.05) is 16.8 Å². The lowest BCUT2D eigenvalue weighted by molar-refractivity contribution is -0.118. The minimum atomic E-state index is -0.482. The zero-order chi connectivity index (χ0) is 29.1. The second-order valence-electron chi connectivity index (χ2n) is 9.59. The molecule has 0 aliphatic carbocycles. The van der Waals surface area contributed by atoms with Gasteiger partial charge >= 0.3 is 0 Å². The highest BCUT2D eigenvalue weighted by molar-refractivity contribution is 7.80. The molecule has 210 valence electrons. The number of aromatic nitrogens is 2. The first-order chi connectivity index (χ1) is 20.5. The summed E-state index contributed by atoms with van der Waals surface area (Å²) in [4.78, 5) is 19.1. The van der Waals surface area contributed by atoms with Crippen LogP contribution in [0.3, 0.4) is 0 Å². The zero-order valence-corrected chi connectivity index (χ0v) is 23.7. The molecule has 3 aromatic carbocycles. The van der Waals surface area contributed by atoms with Crippen LogP contribution in [-0.2, 0) is 4.79 Å². The van der Waals surface area contributed by atoms with E-state index >= 15 is 0 Å². The number of benzene rings is 3. The van der Waals surface area contributed by atoms with Crippen molar-refractivity contribution in [2.24, 2.45) is 0 Å². The highest BCUT2D eigenvalue weighted by Gasteiger charge is 2.42. The maximum atomic E-state index is 14.0. The predicted molar refractivity (Wildman–Crippen MR) is 166 cm³/mol. The molecule has 1 aliphatic rings. The molecule has 6 rings (SSSR count). The molecule has 1 saturated heterocycles. The van der Waals surface area contributed by atoms with E-state index in [4.69, 9.17) is 28.6 Å². The van der Waals surface area contributed by atoms with Crippen LogP contribution in [0.2, 0.25) is 5.02 Å². The number of amides is 1. The molecule has 0 radical (unpaired) electrons. The van der Waals surface area contributed by atoms with Gasteiger partial charge in [-0.3, -0.25) is 9.78 Å². The summed E-state index contributed by atoms with van der Waals surface area (Å²) in [6.45, 7) is -0.107. The van der Waals surface area contributed by atoms with E-state index in [0.717, 1.165) is 22.8 Å². The molecule has 2 aromatic heterocycles. The Morgan fingerprint density at radius 3 is 2.48 bits per heavy atom. The van der Waals surface area contributed by atoms with E-state index in [1.165, 1.54) is 6.07 Å². The molecule has 0 bridgehead atoms. The summed E-state index contributed by atoms with van der Waals surface area (Å²) < 4.78 is 21.5. The Morgan fingerprint density at radius 2 is 1.74 bits per heavy atom. The smallest absolute Gasteiger partial charge is 0.262 e. The van der Waals surface area contributed by atoms with E-state index < -0.39 is 5.82 Å². The third kappa shape index (κ3) is 5.70. The number of hydrogen-bond donors (Lipinski definition) is 2. The van der Waals surface area contributed by atoms with Crippen LogP contribution in [0.15, 0.2) is 116 Å². The van der Waals surface area contributed by atoms with Gasteiger partial charge in [0.15, 0.2) is 11.7 Å². The topological polar surface area (TPSA) is 71.4 Å². The van der Waals surface area contributed by atoms with Gasteiger partial charge in [-0.05, 0) is 91.1 Å². The van der Waals surface area contributed by atoms with Crippen LogP contribution < -0.4 is 20.3 Å². The fourth-order valence-corrected chi connectivity index (χ4v) is 5.53. The van der Waals surface area contributed by atoms with Gasteiger partial charge in [-0.25, -0.2) is 4.39 Å². The van der Waals surface area contributed by atoms with Crippen LogP contribution in [0.4, 0.5) is 15.8 Å². The average molecular weight is 598 g/mol. The molecule has 1 aliphatic heterocycles. The Labute approximate surface area is 252 Å². The summed E-state index contributed by atoms with van der Waals surface area (Å²) >= 11 is 12.0. The Kier molecular flexibility index (Phi) is 7.85. The number of carbonyl (C=O) groups excluding carboxylic acids is 1. The van der Waals surface area contributed by atoms with Crippen molar-refractivity contribution >= 4 is 46.2 Å². The van der Waals surface area contributed by atoms with Crippen molar-refractivity contribution in [3.05, 3.63) is 138 Å². The monoisotopic (exact) mass is 597 g/mol. The number of ether oxygens (including phenoxy) is 1. The van der Waals surface area contributed by atoms with Gasteiger partial charge in [-0.15, -0.1) is 0 Å². The third-order valence-corrected chi connectivity index (χ3v) is 7.51. The summed E-state index contributed by atoms with van der Waals surface area (Å²) in [5.41, 5.74) is 3.88. The van der Waals surface area contributed by atoms with Crippen LogP contribution in [0.5, 0.6) is 5.75 Å². The standard InChI is InChI=1S/C32H25ClFN5O2S/c33-25-19-23(15-16-26(25)34)38-18-6-10-28(38)31-30(27-9-4-5-17-35-27)37-32(42)39(31)22-13-11-21(12-14-22)36-29(40)20-41-24-7-2-1-3-8-24/h1-19,30-31H,20H2,(H,36,40)(H,37,42)/t30-,31+/m0/s1. The van der Waals surface area contributed by atoms with Gasteiger partial charge in [0.25, 0.3) is 5.91 Å². The minimum absolute atomic E-state index is 0.0390. The number of nitrogens with one attached hydrogen (secondary N) is 2. The summed E-state index contributed by atoms with van der Waals surface area (Å²) in [5.74, 6) is -0.127. The van der Waals surface area contributed by atoms with E-state index in [9.17, 15) is 9.18 Å². The van der Waals surface area contributed by atoms with E-state index in [1.54, 1.807) is 30.5 Å². The minimum Gasteiger partial charge on any atom is -0.484 e. The second kappa shape index (κ2) is 12.0. The molecule has 42 heavy (non-hydrogen) atoms. The quantitative estimate of drug-likeness (QED) is 0.190. The molecule has 0 spiro atoms. The first kappa shape index (κ1) is 27.4. The van der Waals surface area contributed by atoms with Crippen LogP contribution in [0, 0.1) is 5.82 Å². The number of thiocarbonyl (C=S) groups is 1. The number of halogens is 2. The first-order valence-electron chi connectivity index (χ1n) is 13.2. The van der Waals surface area contributed by atoms with Gasteiger partial charge in [0.2, 0.25) is 0 Å². The van der Waals surface area contributed by atoms with Gasteiger partial charge in [-0.2, -0.15) is 0 Å². The summed E-state index contributed by atoms with van der Waals surface area (Å²) in [6.07, 6.45) is 3.65. The Morgan fingerprint density at radius 1 is 0.976 bits per heavy atom. The molecule has 0 saturated carbocycles. The van der Waals surface area contributed by atoms with Crippen LogP contribution >= 0.6 is 23.8 Å². The van der Waals surface area contributed by atoms with Crippen molar-refractivity contribution in [3.8, 4) is 11.4 Å². The van der Waals surface area contributed by atoms with Gasteiger partial charge in [0, 0.05) is 35.1 Å². The molecule has 3 heterocycles. The molecule has 5 aromatic rings. The number of pyridine rings is 1. The van der Waals surface area contributed by atoms with Gasteiger partial charge in [0.05, 0.1) is 16.8 Å². The fourth-order valence-electron chi connectivity index (χ4n) is 5.01.